The first kappa shape index (κ1) is 16.2. The van der Waals surface area contributed by atoms with Gasteiger partial charge in [0.1, 0.15) is 11.6 Å². The van der Waals surface area contributed by atoms with E-state index in [-0.39, 0.29) is 16.1 Å². The maximum absolute atomic E-state index is 13.9. The van der Waals surface area contributed by atoms with Crippen molar-refractivity contribution in [3.63, 3.8) is 0 Å². The highest BCUT2D eigenvalue weighted by Crippen LogP contribution is 2.21. The van der Waals surface area contributed by atoms with E-state index in [1.807, 2.05) is 0 Å². The van der Waals surface area contributed by atoms with Crippen molar-refractivity contribution in [3.8, 4) is 0 Å². The summed E-state index contributed by atoms with van der Waals surface area (Å²) in [7, 11) is 1.80. The second-order valence-electron chi connectivity index (χ2n) is 4.86. The van der Waals surface area contributed by atoms with Gasteiger partial charge in [0.2, 0.25) is 0 Å². The second-order valence-corrected chi connectivity index (χ2v) is 5.67. The third-order valence-electron chi connectivity index (χ3n) is 3.37. The molecule has 2 aromatic rings. The van der Waals surface area contributed by atoms with E-state index in [1.165, 1.54) is 12.1 Å². The standard InChI is InChI=1S/C16H15Cl2F2N/c1-21-12(7-10-5-6-15(19)14(18)8-10)9-11-3-2-4-13(17)16(11)20/h2-6,8,12,21H,7,9H2,1H3. The molecule has 1 N–H and O–H groups in total. The lowest BCUT2D eigenvalue weighted by atomic mass is 9.99. The van der Waals surface area contributed by atoms with Gasteiger partial charge in [0.15, 0.2) is 0 Å². The number of benzene rings is 2. The molecule has 0 aliphatic heterocycles. The Morgan fingerprint density at radius 1 is 1.05 bits per heavy atom. The monoisotopic (exact) mass is 329 g/mol. The van der Waals surface area contributed by atoms with Crippen LogP contribution in [0.15, 0.2) is 36.4 Å². The average Bonchev–Trinajstić information content (AvgIpc) is 2.47. The van der Waals surface area contributed by atoms with Crippen LogP contribution in [0.2, 0.25) is 10.0 Å². The lowest BCUT2D eigenvalue weighted by Crippen LogP contribution is -2.30. The van der Waals surface area contributed by atoms with Crippen molar-refractivity contribution >= 4 is 23.2 Å². The maximum atomic E-state index is 13.9. The minimum atomic E-state index is -0.442. The fraction of sp³-hybridized carbons (Fsp3) is 0.250. The summed E-state index contributed by atoms with van der Waals surface area (Å²) in [5.74, 6) is -0.834. The summed E-state index contributed by atoms with van der Waals surface area (Å²) in [6, 6.07) is 9.57. The number of nitrogens with one attached hydrogen (secondary N) is 1. The Balaban J connectivity index is 2.13. The van der Waals surface area contributed by atoms with Crippen LogP contribution in [0.25, 0.3) is 0 Å². The van der Waals surface area contributed by atoms with Crippen LogP contribution in [0.1, 0.15) is 11.1 Å². The molecule has 1 unspecified atom stereocenters. The average molecular weight is 330 g/mol. The zero-order chi connectivity index (χ0) is 15.4. The van der Waals surface area contributed by atoms with Gasteiger partial charge < -0.3 is 5.32 Å². The van der Waals surface area contributed by atoms with Gasteiger partial charge in [-0.25, -0.2) is 8.78 Å². The zero-order valence-electron chi connectivity index (χ0n) is 11.5. The minimum Gasteiger partial charge on any atom is -0.316 e. The maximum Gasteiger partial charge on any atom is 0.145 e. The molecule has 0 aliphatic carbocycles. The zero-order valence-corrected chi connectivity index (χ0v) is 13.0. The Kier molecular flexibility index (Phi) is 5.57. The lowest BCUT2D eigenvalue weighted by molar-refractivity contribution is 0.532. The highest BCUT2D eigenvalue weighted by atomic mass is 35.5. The Labute approximate surface area is 132 Å². The van der Waals surface area contributed by atoms with Crippen molar-refractivity contribution in [2.45, 2.75) is 18.9 Å². The van der Waals surface area contributed by atoms with Crippen LogP contribution < -0.4 is 5.32 Å². The summed E-state index contributed by atoms with van der Waals surface area (Å²) in [4.78, 5) is 0. The Morgan fingerprint density at radius 2 is 1.81 bits per heavy atom. The predicted octanol–water partition coefficient (Wildman–Crippen LogP) is 4.64. The van der Waals surface area contributed by atoms with Gasteiger partial charge in [-0.2, -0.15) is 0 Å². The van der Waals surface area contributed by atoms with Crippen LogP contribution in [0, 0.1) is 11.6 Å². The molecule has 0 spiro atoms. The summed E-state index contributed by atoms with van der Waals surface area (Å²) in [5, 5.41) is 3.34. The molecule has 21 heavy (non-hydrogen) atoms. The normalized spacial score (nSPS) is 12.4. The third-order valence-corrected chi connectivity index (χ3v) is 3.95. The molecule has 0 saturated carbocycles. The van der Waals surface area contributed by atoms with Crippen LogP contribution in [0.3, 0.4) is 0 Å². The van der Waals surface area contributed by atoms with Gasteiger partial charge in [-0.3, -0.25) is 0 Å². The molecule has 0 aliphatic rings. The molecule has 0 amide bonds. The second kappa shape index (κ2) is 7.21. The molecule has 2 rings (SSSR count). The highest BCUT2D eigenvalue weighted by Gasteiger charge is 2.14. The summed E-state index contributed by atoms with van der Waals surface area (Å²) >= 11 is 11.6. The molecule has 0 saturated heterocycles. The van der Waals surface area contributed by atoms with Gasteiger partial charge in [0.05, 0.1) is 10.0 Å². The largest absolute Gasteiger partial charge is 0.316 e. The third kappa shape index (κ3) is 4.16. The molecule has 0 fully saturated rings. The van der Waals surface area contributed by atoms with E-state index < -0.39 is 11.6 Å². The molecular formula is C16H15Cl2F2N. The molecule has 0 aromatic heterocycles. The van der Waals surface area contributed by atoms with Crippen molar-refractivity contribution in [2.24, 2.45) is 0 Å². The molecule has 0 heterocycles. The topological polar surface area (TPSA) is 12.0 Å². The first-order valence-corrected chi connectivity index (χ1v) is 7.31. The quantitative estimate of drug-likeness (QED) is 0.842. The van der Waals surface area contributed by atoms with Crippen LogP contribution in [0.5, 0.6) is 0 Å². The SMILES string of the molecule is CNC(Cc1ccc(F)c(Cl)c1)Cc1cccc(Cl)c1F. The first-order valence-electron chi connectivity index (χ1n) is 6.55. The number of rotatable bonds is 5. The van der Waals surface area contributed by atoms with E-state index in [0.717, 1.165) is 5.56 Å². The molecule has 5 heteroatoms. The molecular weight excluding hydrogens is 315 g/mol. The van der Waals surface area contributed by atoms with Crippen molar-refractivity contribution in [1.82, 2.24) is 5.32 Å². The van der Waals surface area contributed by atoms with Gasteiger partial charge in [-0.15, -0.1) is 0 Å². The van der Waals surface area contributed by atoms with Crippen molar-refractivity contribution in [1.29, 1.82) is 0 Å². The highest BCUT2D eigenvalue weighted by molar-refractivity contribution is 6.31. The Bertz CT molecular complexity index is 632. The number of halogens is 4. The van der Waals surface area contributed by atoms with E-state index >= 15 is 0 Å². The smallest absolute Gasteiger partial charge is 0.145 e. The fourth-order valence-electron chi connectivity index (χ4n) is 2.20. The Morgan fingerprint density at radius 3 is 2.48 bits per heavy atom. The van der Waals surface area contributed by atoms with Crippen molar-refractivity contribution in [2.75, 3.05) is 7.05 Å². The van der Waals surface area contributed by atoms with Gasteiger partial charge in [-0.05, 0) is 49.2 Å². The van der Waals surface area contributed by atoms with E-state index in [1.54, 1.807) is 31.3 Å². The molecule has 0 bridgehead atoms. The van der Waals surface area contributed by atoms with Crippen molar-refractivity contribution in [3.05, 3.63) is 69.2 Å². The molecule has 112 valence electrons. The van der Waals surface area contributed by atoms with E-state index in [0.29, 0.717) is 18.4 Å². The summed E-state index contributed by atoms with van der Waals surface area (Å²) in [6.45, 7) is 0. The number of hydrogen-bond acceptors (Lipinski definition) is 1. The van der Waals surface area contributed by atoms with Crippen LogP contribution in [0.4, 0.5) is 8.78 Å². The van der Waals surface area contributed by atoms with E-state index in [2.05, 4.69) is 5.32 Å². The summed E-state index contributed by atoms with van der Waals surface area (Å²) < 4.78 is 27.1. The van der Waals surface area contributed by atoms with Gasteiger partial charge in [0.25, 0.3) is 0 Å². The van der Waals surface area contributed by atoms with Gasteiger partial charge in [0, 0.05) is 6.04 Å². The fourth-order valence-corrected chi connectivity index (χ4v) is 2.60. The molecule has 1 atom stereocenters. The lowest BCUT2D eigenvalue weighted by Gasteiger charge is -2.17. The van der Waals surface area contributed by atoms with E-state index in [9.17, 15) is 8.78 Å². The minimum absolute atomic E-state index is 0.000468. The van der Waals surface area contributed by atoms with E-state index in [4.69, 9.17) is 23.2 Å². The number of hydrogen-bond donors (Lipinski definition) is 1. The van der Waals surface area contributed by atoms with Crippen LogP contribution in [-0.4, -0.2) is 13.1 Å². The molecule has 0 radical (unpaired) electrons. The summed E-state index contributed by atoms with van der Waals surface area (Å²) in [6.07, 6.45) is 1.10. The van der Waals surface area contributed by atoms with Gasteiger partial charge >= 0.3 is 0 Å². The number of likely N-dealkylation sites (N-methyl/N-ethyl adjacent to an activating group) is 1. The molecule has 1 nitrogen and oxygen atoms in total. The van der Waals surface area contributed by atoms with Crippen LogP contribution >= 0.6 is 23.2 Å². The van der Waals surface area contributed by atoms with Crippen molar-refractivity contribution < 1.29 is 8.78 Å². The predicted molar refractivity (Wildman–Crippen MR) is 83.1 cm³/mol. The summed E-state index contributed by atoms with van der Waals surface area (Å²) in [5.41, 5.74) is 1.44. The van der Waals surface area contributed by atoms with Crippen LogP contribution in [-0.2, 0) is 12.8 Å². The first-order chi connectivity index (χ1) is 10.0. The Hall–Kier alpha value is -1.16. The molecule has 2 aromatic carbocycles. The van der Waals surface area contributed by atoms with Gasteiger partial charge in [-0.1, -0.05) is 41.4 Å².